The van der Waals surface area contributed by atoms with E-state index in [4.69, 9.17) is 0 Å². The molecule has 0 spiro atoms. The number of hydrogen-bond donors (Lipinski definition) is 1. The molecule has 0 radical (unpaired) electrons. The summed E-state index contributed by atoms with van der Waals surface area (Å²) in [5, 5.41) is 3.06. The average molecular weight is 316 g/mol. The Hall–Kier alpha value is -0.350. The van der Waals surface area contributed by atoms with E-state index in [1.807, 2.05) is 0 Å². The van der Waals surface area contributed by atoms with E-state index < -0.39 is 0 Å². The van der Waals surface area contributed by atoms with Crippen molar-refractivity contribution < 1.29 is 4.79 Å². The summed E-state index contributed by atoms with van der Waals surface area (Å²) in [6.45, 7) is 0.766. The number of amides is 1. The number of carbonyl (C=O) groups excluding carboxylic acids is 1. The van der Waals surface area contributed by atoms with E-state index in [-0.39, 0.29) is 11.8 Å². The lowest BCUT2D eigenvalue weighted by Gasteiger charge is -2.20. The molecule has 1 aliphatic rings. The van der Waals surface area contributed by atoms with Crippen molar-refractivity contribution in [2.75, 3.05) is 6.54 Å². The van der Waals surface area contributed by atoms with E-state index in [2.05, 4.69) is 33.4 Å². The molecule has 1 saturated carbocycles. The first-order chi connectivity index (χ1) is 8.25. The highest BCUT2D eigenvalue weighted by Crippen LogP contribution is 2.24. The first-order valence-electron chi connectivity index (χ1n) is 6.27. The average Bonchev–Trinajstić information content (AvgIpc) is 2.76. The maximum atomic E-state index is 11.9. The first-order valence-corrected chi connectivity index (χ1v) is 7.88. The summed E-state index contributed by atoms with van der Waals surface area (Å²) in [4.78, 5) is 13.2. The van der Waals surface area contributed by atoms with E-state index in [0.717, 1.165) is 29.6 Å². The van der Waals surface area contributed by atoms with Crippen LogP contribution >= 0.6 is 27.3 Å². The highest BCUT2D eigenvalue weighted by molar-refractivity contribution is 9.11. The molecule has 1 fully saturated rings. The van der Waals surface area contributed by atoms with Crippen molar-refractivity contribution in [3.8, 4) is 0 Å². The maximum Gasteiger partial charge on any atom is 0.223 e. The van der Waals surface area contributed by atoms with Crippen LogP contribution in [0.2, 0.25) is 0 Å². The predicted octanol–water partition coefficient (Wildman–Crippen LogP) is 3.75. The molecule has 0 aromatic carbocycles. The van der Waals surface area contributed by atoms with Crippen molar-refractivity contribution in [2.45, 2.75) is 38.5 Å². The van der Waals surface area contributed by atoms with Gasteiger partial charge in [-0.1, -0.05) is 19.3 Å². The van der Waals surface area contributed by atoms with Gasteiger partial charge in [-0.15, -0.1) is 11.3 Å². The first kappa shape index (κ1) is 13.1. The Morgan fingerprint density at radius 1 is 1.35 bits per heavy atom. The van der Waals surface area contributed by atoms with Crippen LogP contribution in [0.3, 0.4) is 0 Å². The molecule has 0 atom stereocenters. The lowest BCUT2D eigenvalue weighted by molar-refractivity contribution is -0.125. The van der Waals surface area contributed by atoms with Crippen LogP contribution in [0.5, 0.6) is 0 Å². The van der Waals surface area contributed by atoms with Crippen molar-refractivity contribution in [3.63, 3.8) is 0 Å². The van der Waals surface area contributed by atoms with E-state index in [1.54, 1.807) is 11.3 Å². The fourth-order valence-electron chi connectivity index (χ4n) is 2.30. The monoisotopic (exact) mass is 315 g/mol. The number of nitrogens with one attached hydrogen (secondary N) is 1. The Kier molecular flexibility index (Phi) is 5.04. The van der Waals surface area contributed by atoms with Crippen LogP contribution in [-0.2, 0) is 11.2 Å². The molecule has 17 heavy (non-hydrogen) atoms. The summed E-state index contributed by atoms with van der Waals surface area (Å²) >= 11 is 5.19. The van der Waals surface area contributed by atoms with Gasteiger partial charge in [-0.25, -0.2) is 0 Å². The standard InChI is InChI=1S/C13H18BrNOS/c14-12-7-6-11(17-12)8-9-15-13(16)10-4-2-1-3-5-10/h6-7,10H,1-5,8-9H2,(H,15,16). The molecule has 1 aromatic rings. The molecule has 2 nitrogen and oxygen atoms in total. The number of thiophene rings is 1. The Balaban J connectivity index is 1.69. The van der Waals surface area contributed by atoms with Gasteiger partial charge in [-0.3, -0.25) is 4.79 Å². The molecule has 1 heterocycles. The highest BCUT2D eigenvalue weighted by atomic mass is 79.9. The predicted molar refractivity (Wildman–Crippen MR) is 75.3 cm³/mol. The summed E-state index contributed by atoms with van der Waals surface area (Å²) in [7, 11) is 0. The lowest BCUT2D eigenvalue weighted by Crippen LogP contribution is -2.33. The quantitative estimate of drug-likeness (QED) is 0.900. The van der Waals surface area contributed by atoms with E-state index >= 15 is 0 Å². The third-order valence-electron chi connectivity index (χ3n) is 3.28. The summed E-state index contributed by atoms with van der Waals surface area (Å²) in [6, 6.07) is 4.17. The Morgan fingerprint density at radius 3 is 2.76 bits per heavy atom. The molecule has 0 aliphatic heterocycles. The molecule has 1 amide bonds. The second kappa shape index (κ2) is 6.55. The Morgan fingerprint density at radius 2 is 2.12 bits per heavy atom. The molecule has 4 heteroatoms. The molecular weight excluding hydrogens is 298 g/mol. The van der Waals surface area contributed by atoms with Gasteiger partial charge in [0.15, 0.2) is 0 Å². The minimum absolute atomic E-state index is 0.264. The SMILES string of the molecule is O=C(NCCc1ccc(Br)s1)C1CCCCC1. The van der Waals surface area contributed by atoms with Gasteiger partial charge in [0, 0.05) is 17.3 Å². The van der Waals surface area contributed by atoms with Gasteiger partial charge < -0.3 is 5.32 Å². The van der Waals surface area contributed by atoms with Gasteiger partial charge in [0.05, 0.1) is 3.79 Å². The van der Waals surface area contributed by atoms with Gasteiger partial charge >= 0.3 is 0 Å². The summed E-state index contributed by atoms with van der Waals surface area (Å²) in [5.41, 5.74) is 0. The molecule has 1 N–H and O–H groups in total. The zero-order chi connectivity index (χ0) is 12.1. The van der Waals surface area contributed by atoms with E-state index in [9.17, 15) is 4.79 Å². The molecule has 0 bridgehead atoms. The topological polar surface area (TPSA) is 29.1 Å². The van der Waals surface area contributed by atoms with Crippen molar-refractivity contribution in [1.82, 2.24) is 5.32 Å². The maximum absolute atomic E-state index is 11.9. The van der Waals surface area contributed by atoms with Crippen LogP contribution in [0.1, 0.15) is 37.0 Å². The third-order valence-corrected chi connectivity index (χ3v) is 4.96. The number of halogens is 1. The molecule has 94 valence electrons. The Labute approximate surface area is 115 Å². The van der Waals surface area contributed by atoms with Crippen LogP contribution in [0.15, 0.2) is 15.9 Å². The number of hydrogen-bond acceptors (Lipinski definition) is 2. The minimum Gasteiger partial charge on any atom is -0.356 e. The Bertz CT molecular complexity index is 371. The van der Waals surface area contributed by atoms with Crippen LogP contribution in [0.25, 0.3) is 0 Å². The fraction of sp³-hybridized carbons (Fsp3) is 0.615. The molecule has 1 aliphatic carbocycles. The van der Waals surface area contributed by atoms with Crippen LogP contribution in [0, 0.1) is 5.92 Å². The zero-order valence-electron chi connectivity index (χ0n) is 9.88. The molecule has 0 saturated heterocycles. The van der Waals surface area contributed by atoms with Gasteiger partial charge in [-0.2, -0.15) is 0 Å². The molecular formula is C13H18BrNOS. The molecule has 0 unspecified atom stereocenters. The lowest BCUT2D eigenvalue weighted by atomic mass is 9.89. The van der Waals surface area contributed by atoms with Crippen LogP contribution < -0.4 is 5.32 Å². The second-order valence-corrected chi connectivity index (χ2v) is 7.13. The minimum atomic E-state index is 0.264. The molecule has 2 rings (SSSR count). The highest BCUT2D eigenvalue weighted by Gasteiger charge is 2.20. The summed E-state index contributed by atoms with van der Waals surface area (Å²) < 4.78 is 1.16. The van der Waals surface area contributed by atoms with E-state index in [0.29, 0.717) is 0 Å². The van der Waals surface area contributed by atoms with E-state index in [1.165, 1.54) is 24.1 Å². The third kappa shape index (κ3) is 4.11. The van der Waals surface area contributed by atoms with Crippen molar-refractivity contribution in [3.05, 3.63) is 20.8 Å². The smallest absolute Gasteiger partial charge is 0.223 e. The van der Waals surface area contributed by atoms with Crippen molar-refractivity contribution in [2.24, 2.45) is 5.92 Å². The zero-order valence-corrected chi connectivity index (χ0v) is 12.3. The van der Waals surface area contributed by atoms with Crippen LogP contribution in [0.4, 0.5) is 0 Å². The van der Waals surface area contributed by atoms with Crippen molar-refractivity contribution >= 4 is 33.2 Å². The largest absolute Gasteiger partial charge is 0.356 e. The number of carbonyl (C=O) groups is 1. The fourth-order valence-corrected chi connectivity index (χ4v) is 3.79. The van der Waals surface area contributed by atoms with Gasteiger partial charge in [0.2, 0.25) is 5.91 Å². The van der Waals surface area contributed by atoms with Gasteiger partial charge in [0.1, 0.15) is 0 Å². The molecule has 1 aromatic heterocycles. The summed E-state index contributed by atoms with van der Waals surface area (Å²) in [5.74, 6) is 0.541. The van der Waals surface area contributed by atoms with Crippen LogP contribution in [-0.4, -0.2) is 12.5 Å². The van der Waals surface area contributed by atoms with Crippen molar-refractivity contribution in [1.29, 1.82) is 0 Å². The second-order valence-electron chi connectivity index (χ2n) is 4.58. The van der Waals surface area contributed by atoms with Gasteiger partial charge in [0.25, 0.3) is 0 Å². The summed E-state index contributed by atoms with van der Waals surface area (Å²) in [6.07, 6.45) is 6.83. The number of rotatable bonds is 4. The normalized spacial score (nSPS) is 17.0. The van der Waals surface area contributed by atoms with Gasteiger partial charge in [-0.05, 0) is 47.3 Å².